The molecule has 1 N–H and O–H groups in total. The fourth-order valence-electron chi connectivity index (χ4n) is 1.17. The van der Waals surface area contributed by atoms with Crippen molar-refractivity contribution in [3.05, 3.63) is 12.3 Å². The summed E-state index contributed by atoms with van der Waals surface area (Å²) in [6, 6.07) is 2.44. The molecule has 0 atom stereocenters. The van der Waals surface area contributed by atoms with Crippen molar-refractivity contribution < 1.29 is 0 Å². The van der Waals surface area contributed by atoms with E-state index < -0.39 is 0 Å². The fraction of sp³-hybridized carbons (Fsp3) is 0.700. The van der Waals surface area contributed by atoms with Crippen molar-refractivity contribution in [2.45, 2.75) is 33.7 Å². The van der Waals surface area contributed by atoms with Crippen LogP contribution in [0.2, 0.25) is 0 Å². The molecule has 82 valence electrons. The van der Waals surface area contributed by atoms with Crippen molar-refractivity contribution >= 4 is 18.2 Å². The Labute approximate surface area is 92.3 Å². The third kappa shape index (κ3) is 3.58. The van der Waals surface area contributed by atoms with E-state index >= 15 is 0 Å². The van der Waals surface area contributed by atoms with E-state index in [9.17, 15) is 0 Å². The lowest BCUT2D eigenvalue weighted by Crippen LogP contribution is -2.13. The second-order valence-electron chi connectivity index (χ2n) is 4.03. The highest BCUT2D eigenvalue weighted by atomic mass is 35.5. The number of nitrogens with one attached hydrogen (secondary N) is 1. The smallest absolute Gasteiger partial charge is 0.124 e. The van der Waals surface area contributed by atoms with Crippen LogP contribution in [0.15, 0.2) is 12.3 Å². The average Bonchev–Trinajstić information content (AvgIpc) is 2.47. The van der Waals surface area contributed by atoms with Crippen molar-refractivity contribution in [3.8, 4) is 0 Å². The normalized spacial score (nSPS) is 10.4. The van der Waals surface area contributed by atoms with Gasteiger partial charge in [0.05, 0.1) is 6.20 Å². The van der Waals surface area contributed by atoms with Gasteiger partial charge in [-0.05, 0) is 19.8 Å². The molecule has 1 aromatic rings. The Hall–Kier alpha value is -0.700. The van der Waals surface area contributed by atoms with Crippen LogP contribution in [0.1, 0.15) is 33.7 Å². The van der Waals surface area contributed by atoms with E-state index in [2.05, 4.69) is 38.1 Å². The van der Waals surface area contributed by atoms with Crippen LogP contribution < -0.4 is 5.32 Å². The fourth-order valence-corrected chi connectivity index (χ4v) is 1.17. The first-order valence-corrected chi connectivity index (χ1v) is 4.88. The van der Waals surface area contributed by atoms with Gasteiger partial charge in [0.2, 0.25) is 0 Å². The van der Waals surface area contributed by atoms with Gasteiger partial charge in [-0.3, -0.25) is 0 Å². The van der Waals surface area contributed by atoms with Gasteiger partial charge in [-0.15, -0.1) is 12.4 Å². The first kappa shape index (κ1) is 13.3. The number of aromatic nitrogens is 2. The molecule has 0 bridgehead atoms. The first-order valence-electron chi connectivity index (χ1n) is 4.88. The van der Waals surface area contributed by atoms with Crippen LogP contribution in [0.25, 0.3) is 0 Å². The Morgan fingerprint density at radius 1 is 1.36 bits per heavy atom. The van der Waals surface area contributed by atoms with Gasteiger partial charge in [-0.1, -0.05) is 13.8 Å². The van der Waals surface area contributed by atoms with Crippen LogP contribution in [0.5, 0.6) is 0 Å². The summed E-state index contributed by atoms with van der Waals surface area (Å²) in [6.45, 7) is 9.66. The molecule has 3 nitrogen and oxygen atoms in total. The van der Waals surface area contributed by atoms with Crippen molar-refractivity contribution in [2.24, 2.45) is 5.92 Å². The summed E-state index contributed by atoms with van der Waals surface area (Å²) in [5, 5.41) is 7.62. The highest BCUT2D eigenvalue weighted by molar-refractivity contribution is 5.85. The predicted octanol–water partition coefficient (Wildman–Crippen LogP) is 2.95. The molecule has 4 heteroatoms. The SMILES string of the molecule is CC(C)CNc1ccnn1C(C)C.Cl. The lowest BCUT2D eigenvalue weighted by molar-refractivity contribution is 0.535. The Kier molecular flexibility index (Phi) is 5.62. The quantitative estimate of drug-likeness (QED) is 0.841. The molecule has 0 aliphatic rings. The lowest BCUT2D eigenvalue weighted by Gasteiger charge is -2.13. The number of nitrogens with zero attached hydrogens (tertiary/aromatic N) is 2. The van der Waals surface area contributed by atoms with Gasteiger partial charge in [-0.25, -0.2) is 4.68 Å². The maximum atomic E-state index is 4.25. The van der Waals surface area contributed by atoms with Gasteiger partial charge < -0.3 is 5.32 Å². The highest BCUT2D eigenvalue weighted by Crippen LogP contribution is 2.13. The predicted molar refractivity (Wildman–Crippen MR) is 63.2 cm³/mol. The van der Waals surface area contributed by atoms with Crippen LogP contribution in [-0.4, -0.2) is 16.3 Å². The van der Waals surface area contributed by atoms with Gasteiger partial charge >= 0.3 is 0 Å². The van der Waals surface area contributed by atoms with E-state index in [4.69, 9.17) is 0 Å². The maximum Gasteiger partial charge on any atom is 0.124 e. The Balaban J connectivity index is 0.00000169. The van der Waals surface area contributed by atoms with E-state index in [0.29, 0.717) is 12.0 Å². The third-order valence-corrected chi connectivity index (χ3v) is 1.85. The van der Waals surface area contributed by atoms with Crippen molar-refractivity contribution in [2.75, 3.05) is 11.9 Å². The summed E-state index contributed by atoms with van der Waals surface area (Å²) < 4.78 is 2.00. The van der Waals surface area contributed by atoms with Crippen LogP contribution in [0, 0.1) is 5.92 Å². The summed E-state index contributed by atoms with van der Waals surface area (Å²) in [5.41, 5.74) is 0. The molecule has 0 fully saturated rings. The molecule has 14 heavy (non-hydrogen) atoms. The van der Waals surface area contributed by atoms with E-state index in [-0.39, 0.29) is 12.4 Å². The van der Waals surface area contributed by atoms with Crippen molar-refractivity contribution in [1.29, 1.82) is 0 Å². The summed E-state index contributed by atoms with van der Waals surface area (Å²) >= 11 is 0. The summed E-state index contributed by atoms with van der Waals surface area (Å²) in [6.07, 6.45) is 1.84. The number of rotatable bonds is 4. The number of hydrogen-bond acceptors (Lipinski definition) is 2. The van der Waals surface area contributed by atoms with E-state index in [1.807, 2.05) is 16.9 Å². The molecule has 0 aromatic carbocycles. The number of halogens is 1. The zero-order valence-corrected chi connectivity index (χ0v) is 10.1. The average molecular weight is 218 g/mol. The molecule has 0 unspecified atom stereocenters. The molecule has 1 heterocycles. The van der Waals surface area contributed by atoms with Crippen LogP contribution in [0.3, 0.4) is 0 Å². The number of hydrogen-bond donors (Lipinski definition) is 1. The first-order chi connectivity index (χ1) is 6.11. The lowest BCUT2D eigenvalue weighted by atomic mass is 10.2. The molecule has 0 saturated carbocycles. The minimum absolute atomic E-state index is 0. The third-order valence-electron chi connectivity index (χ3n) is 1.85. The number of anilines is 1. The molecule has 0 amide bonds. The minimum atomic E-state index is 0. The zero-order valence-electron chi connectivity index (χ0n) is 9.32. The molecule has 1 rings (SSSR count). The van der Waals surface area contributed by atoms with Gasteiger partial charge in [-0.2, -0.15) is 5.10 Å². The molecule has 0 aliphatic heterocycles. The molecule has 0 spiro atoms. The van der Waals surface area contributed by atoms with E-state index in [1.165, 1.54) is 0 Å². The molecule has 1 aromatic heterocycles. The van der Waals surface area contributed by atoms with Crippen molar-refractivity contribution in [3.63, 3.8) is 0 Å². The van der Waals surface area contributed by atoms with Gasteiger partial charge in [0.15, 0.2) is 0 Å². The molecule has 0 saturated heterocycles. The second kappa shape index (κ2) is 5.91. The largest absolute Gasteiger partial charge is 0.370 e. The summed E-state index contributed by atoms with van der Waals surface area (Å²) in [4.78, 5) is 0. The molecule has 0 aliphatic carbocycles. The topological polar surface area (TPSA) is 29.9 Å². The van der Waals surface area contributed by atoms with Gasteiger partial charge in [0, 0.05) is 18.7 Å². The maximum absolute atomic E-state index is 4.25. The van der Waals surface area contributed by atoms with E-state index in [0.717, 1.165) is 12.4 Å². The highest BCUT2D eigenvalue weighted by Gasteiger charge is 2.04. The Morgan fingerprint density at radius 2 is 2.00 bits per heavy atom. The Bertz CT molecular complexity index is 256. The Morgan fingerprint density at radius 3 is 2.50 bits per heavy atom. The molecular weight excluding hydrogens is 198 g/mol. The van der Waals surface area contributed by atoms with Crippen LogP contribution >= 0.6 is 12.4 Å². The van der Waals surface area contributed by atoms with Crippen LogP contribution in [0.4, 0.5) is 5.82 Å². The second-order valence-corrected chi connectivity index (χ2v) is 4.03. The molecular formula is C10H20ClN3. The summed E-state index contributed by atoms with van der Waals surface area (Å²) in [5.74, 6) is 1.78. The monoisotopic (exact) mass is 217 g/mol. The van der Waals surface area contributed by atoms with Gasteiger partial charge in [0.25, 0.3) is 0 Å². The van der Waals surface area contributed by atoms with Gasteiger partial charge in [0.1, 0.15) is 5.82 Å². The van der Waals surface area contributed by atoms with Crippen molar-refractivity contribution in [1.82, 2.24) is 9.78 Å². The summed E-state index contributed by atoms with van der Waals surface area (Å²) in [7, 11) is 0. The standard InChI is InChI=1S/C10H19N3.ClH/c1-8(2)7-11-10-5-6-12-13(10)9(3)4;/h5-6,8-9,11H,7H2,1-4H3;1H. The zero-order chi connectivity index (χ0) is 9.84. The van der Waals surface area contributed by atoms with E-state index in [1.54, 1.807) is 0 Å². The molecule has 0 radical (unpaired) electrons. The minimum Gasteiger partial charge on any atom is -0.370 e. The van der Waals surface area contributed by atoms with Crippen LogP contribution in [-0.2, 0) is 0 Å².